The van der Waals surface area contributed by atoms with Gasteiger partial charge in [0.1, 0.15) is 5.60 Å². The molecule has 0 bridgehead atoms. The number of aliphatic hydroxyl groups is 2. The molecule has 0 aromatic carbocycles. The zero-order valence-electron chi connectivity index (χ0n) is 16.4. The first-order valence-electron chi connectivity index (χ1n) is 8.64. The summed E-state index contributed by atoms with van der Waals surface area (Å²) in [4.78, 5) is 14.0. The first kappa shape index (κ1) is 21.4. The number of nitrogens with zero attached hydrogens (tertiary/aromatic N) is 1. The van der Waals surface area contributed by atoms with Gasteiger partial charge >= 0.3 is 6.09 Å². The Labute approximate surface area is 147 Å². The highest BCUT2D eigenvalue weighted by Crippen LogP contribution is 2.39. The average molecular weight is 362 g/mol. The smallest absolute Gasteiger partial charge is 0.410 e. The number of aliphatic hydroxyl groups excluding tert-OH is 2. The van der Waals surface area contributed by atoms with Crippen molar-refractivity contribution < 1.29 is 24.2 Å². The van der Waals surface area contributed by atoms with E-state index in [4.69, 9.17) is 9.16 Å². The third kappa shape index (κ3) is 5.44. The van der Waals surface area contributed by atoms with Crippen molar-refractivity contribution in [3.05, 3.63) is 0 Å². The van der Waals surface area contributed by atoms with Crippen LogP contribution in [0.2, 0.25) is 18.1 Å². The molecule has 0 aliphatic carbocycles. The molecule has 1 heterocycles. The third-order valence-corrected chi connectivity index (χ3v) is 9.37. The average Bonchev–Trinajstić information content (AvgIpc) is 2.77. The molecule has 142 valence electrons. The fraction of sp³-hybridized carbons (Fsp3) is 0.941. The summed E-state index contributed by atoms with van der Waals surface area (Å²) in [6, 6.07) is -0.486. The van der Waals surface area contributed by atoms with Crippen molar-refractivity contribution in [2.45, 2.75) is 89.9 Å². The second-order valence-corrected chi connectivity index (χ2v) is 13.9. The molecule has 1 aliphatic rings. The van der Waals surface area contributed by atoms with Crippen molar-refractivity contribution in [1.29, 1.82) is 0 Å². The lowest BCUT2D eigenvalue weighted by Crippen LogP contribution is -2.46. The quantitative estimate of drug-likeness (QED) is 0.753. The van der Waals surface area contributed by atoms with Crippen LogP contribution in [0, 0.1) is 0 Å². The summed E-state index contributed by atoms with van der Waals surface area (Å²) in [5.74, 6) is 0. The molecule has 24 heavy (non-hydrogen) atoms. The molecule has 3 unspecified atom stereocenters. The first-order chi connectivity index (χ1) is 10.7. The van der Waals surface area contributed by atoms with Gasteiger partial charge in [0.25, 0.3) is 0 Å². The molecule has 0 aromatic heterocycles. The summed E-state index contributed by atoms with van der Waals surface area (Å²) in [5.41, 5.74) is -0.607. The van der Waals surface area contributed by atoms with Gasteiger partial charge in [-0.25, -0.2) is 4.79 Å². The highest BCUT2D eigenvalue weighted by atomic mass is 28.4. The van der Waals surface area contributed by atoms with Crippen LogP contribution >= 0.6 is 0 Å². The fourth-order valence-corrected chi connectivity index (χ4v) is 3.88. The predicted molar refractivity (Wildman–Crippen MR) is 96.5 cm³/mol. The maximum Gasteiger partial charge on any atom is 0.410 e. The summed E-state index contributed by atoms with van der Waals surface area (Å²) in [5, 5.41) is 19.5. The zero-order chi connectivity index (χ0) is 18.9. The van der Waals surface area contributed by atoms with Crippen LogP contribution in [-0.4, -0.2) is 66.5 Å². The molecule has 0 spiro atoms. The van der Waals surface area contributed by atoms with Gasteiger partial charge in [-0.1, -0.05) is 20.8 Å². The Morgan fingerprint density at radius 2 is 1.79 bits per heavy atom. The standard InChI is InChI=1S/C17H35NO5Si/c1-16(2,3)22-15(21)18-10-12(9-13(18)14(20)11-19)23-24(7,8)17(4,5)6/h12-14,19-20H,9-11H2,1-8H3. The van der Waals surface area contributed by atoms with Gasteiger partial charge in [-0.2, -0.15) is 0 Å². The SMILES string of the molecule is CC(C)(C)OC(=O)N1CC(O[Si](C)(C)C(C)(C)C)CC1C(O)CO. The van der Waals surface area contributed by atoms with E-state index in [1.807, 2.05) is 20.8 Å². The van der Waals surface area contributed by atoms with E-state index in [9.17, 15) is 15.0 Å². The number of likely N-dealkylation sites (tertiary alicyclic amines) is 1. The van der Waals surface area contributed by atoms with Gasteiger partial charge < -0.3 is 19.4 Å². The topological polar surface area (TPSA) is 79.2 Å². The molecule has 0 aromatic rings. The fourth-order valence-electron chi connectivity index (χ4n) is 2.52. The summed E-state index contributed by atoms with van der Waals surface area (Å²) >= 11 is 0. The first-order valence-corrected chi connectivity index (χ1v) is 11.5. The number of rotatable bonds is 4. The van der Waals surface area contributed by atoms with Crippen LogP contribution in [-0.2, 0) is 9.16 Å². The minimum atomic E-state index is -1.98. The van der Waals surface area contributed by atoms with Crippen molar-refractivity contribution >= 4 is 14.4 Å². The molecule has 6 nitrogen and oxygen atoms in total. The van der Waals surface area contributed by atoms with E-state index < -0.39 is 38.8 Å². The van der Waals surface area contributed by atoms with Crippen LogP contribution in [0.25, 0.3) is 0 Å². The Bertz CT molecular complexity index is 441. The maximum absolute atomic E-state index is 12.5. The van der Waals surface area contributed by atoms with E-state index in [-0.39, 0.29) is 11.1 Å². The summed E-state index contributed by atoms with van der Waals surface area (Å²) in [7, 11) is -1.98. The number of ether oxygens (including phenoxy) is 1. The predicted octanol–water partition coefficient (Wildman–Crippen LogP) is 2.74. The van der Waals surface area contributed by atoms with E-state index in [1.165, 1.54) is 4.90 Å². The maximum atomic E-state index is 12.5. The molecule has 1 rings (SSSR count). The number of amides is 1. The van der Waals surface area contributed by atoms with Crippen molar-refractivity contribution in [3.63, 3.8) is 0 Å². The van der Waals surface area contributed by atoms with Gasteiger partial charge in [-0.3, -0.25) is 4.90 Å². The van der Waals surface area contributed by atoms with E-state index in [1.54, 1.807) is 0 Å². The highest BCUT2D eigenvalue weighted by molar-refractivity contribution is 6.74. The highest BCUT2D eigenvalue weighted by Gasteiger charge is 2.46. The van der Waals surface area contributed by atoms with Gasteiger partial charge in [0.15, 0.2) is 8.32 Å². The molecule has 2 N–H and O–H groups in total. The Morgan fingerprint density at radius 3 is 2.21 bits per heavy atom. The molecule has 0 radical (unpaired) electrons. The number of carbonyl (C=O) groups excluding carboxylic acids is 1. The lowest BCUT2D eigenvalue weighted by Gasteiger charge is -2.38. The molecule has 1 saturated heterocycles. The van der Waals surface area contributed by atoms with Crippen LogP contribution in [0.1, 0.15) is 48.0 Å². The Balaban J connectivity index is 2.90. The molecule has 1 fully saturated rings. The van der Waals surface area contributed by atoms with E-state index in [0.717, 1.165) is 0 Å². The van der Waals surface area contributed by atoms with Crippen LogP contribution in [0.5, 0.6) is 0 Å². The second kappa shape index (κ2) is 7.31. The number of carbonyl (C=O) groups is 1. The van der Waals surface area contributed by atoms with Crippen LogP contribution in [0.3, 0.4) is 0 Å². The summed E-state index contributed by atoms with van der Waals surface area (Å²) in [6.45, 7) is 16.2. The van der Waals surface area contributed by atoms with E-state index in [2.05, 4.69) is 33.9 Å². The molecular weight excluding hydrogens is 326 g/mol. The lowest BCUT2D eigenvalue weighted by atomic mass is 10.1. The Hall–Kier alpha value is -0.633. The van der Waals surface area contributed by atoms with Crippen LogP contribution in [0.4, 0.5) is 4.79 Å². The van der Waals surface area contributed by atoms with Crippen LogP contribution < -0.4 is 0 Å². The van der Waals surface area contributed by atoms with Crippen molar-refractivity contribution in [2.24, 2.45) is 0 Å². The van der Waals surface area contributed by atoms with E-state index >= 15 is 0 Å². The minimum absolute atomic E-state index is 0.0669. The Morgan fingerprint density at radius 1 is 1.25 bits per heavy atom. The molecule has 0 saturated carbocycles. The molecule has 1 amide bonds. The summed E-state index contributed by atoms with van der Waals surface area (Å²) < 4.78 is 11.8. The van der Waals surface area contributed by atoms with Crippen molar-refractivity contribution in [3.8, 4) is 0 Å². The molecular formula is C17H35NO5Si. The van der Waals surface area contributed by atoms with Crippen LogP contribution in [0.15, 0.2) is 0 Å². The molecule has 7 heteroatoms. The van der Waals surface area contributed by atoms with Gasteiger partial charge in [0, 0.05) is 6.54 Å². The summed E-state index contributed by atoms with van der Waals surface area (Å²) in [6.07, 6.45) is -1.11. The van der Waals surface area contributed by atoms with Gasteiger partial charge in [-0.15, -0.1) is 0 Å². The van der Waals surface area contributed by atoms with Crippen molar-refractivity contribution in [1.82, 2.24) is 4.90 Å². The lowest BCUT2D eigenvalue weighted by molar-refractivity contribution is -0.00635. The number of hydrogen-bond acceptors (Lipinski definition) is 5. The van der Waals surface area contributed by atoms with E-state index in [0.29, 0.717) is 13.0 Å². The van der Waals surface area contributed by atoms with Gasteiger partial charge in [0.2, 0.25) is 0 Å². The largest absolute Gasteiger partial charge is 0.444 e. The second-order valence-electron chi connectivity index (χ2n) is 9.19. The minimum Gasteiger partial charge on any atom is -0.444 e. The molecule has 3 atom stereocenters. The van der Waals surface area contributed by atoms with Gasteiger partial charge in [0.05, 0.1) is 24.9 Å². The molecule has 1 aliphatic heterocycles. The van der Waals surface area contributed by atoms with Crippen molar-refractivity contribution in [2.75, 3.05) is 13.2 Å². The monoisotopic (exact) mass is 361 g/mol. The third-order valence-electron chi connectivity index (χ3n) is 4.83. The normalized spacial score (nSPS) is 24.2. The Kier molecular flexibility index (Phi) is 6.52. The zero-order valence-corrected chi connectivity index (χ0v) is 17.4. The van der Waals surface area contributed by atoms with Gasteiger partial charge in [-0.05, 0) is 45.3 Å². The number of hydrogen-bond donors (Lipinski definition) is 2.